The standard InChI is InChI=1S/C17H21F2N3O2.C14H21N3O2/c1-11(23)20-13-3-4-15-14(9-13)21-16(17(2,18)19)22(15)10-12-5-7-24-8-6-12;1-10(18)17-12-2-3-14(13(15)8-12)16-9-11-4-6-19-7-5-11/h3-4,9,12H,5-8,10H2,1-2H3,(H,20,23);2-3,8,11,16H,4-7,9,15H2,1H3,(H,17,18). The van der Waals surface area contributed by atoms with Crippen molar-refractivity contribution < 1.29 is 27.8 Å². The Morgan fingerprint density at radius 2 is 1.49 bits per heavy atom. The van der Waals surface area contributed by atoms with Crippen LogP contribution in [0.3, 0.4) is 0 Å². The zero-order chi connectivity index (χ0) is 31.0. The Kier molecular flexibility index (Phi) is 10.9. The van der Waals surface area contributed by atoms with E-state index in [-0.39, 0.29) is 17.6 Å². The Morgan fingerprint density at radius 1 is 0.930 bits per heavy atom. The Bertz CT molecular complexity index is 1390. The number of alkyl halides is 2. The van der Waals surface area contributed by atoms with E-state index in [4.69, 9.17) is 15.2 Å². The minimum atomic E-state index is -3.03. The third-order valence-electron chi connectivity index (χ3n) is 7.54. The van der Waals surface area contributed by atoms with Crippen LogP contribution in [0.1, 0.15) is 52.3 Å². The largest absolute Gasteiger partial charge is 0.397 e. The van der Waals surface area contributed by atoms with E-state index in [1.54, 1.807) is 28.8 Å². The predicted molar refractivity (Wildman–Crippen MR) is 164 cm³/mol. The number of amides is 2. The van der Waals surface area contributed by atoms with Gasteiger partial charge in [-0.2, -0.15) is 8.78 Å². The van der Waals surface area contributed by atoms with Crippen molar-refractivity contribution in [3.8, 4) is 0 Å². The summed E-state index contributed by atoms with van der Waals surface area (Å²) < 4.78 is 40.4. The molecule has 2 saturated heterocycles. The number of rotatable bonds is 8. The first-order valence-corrected chi connectivity index (χ1v) is 14.7. The number of halogens is 2. The van der Waals surface area contributed by atoms with Gasteiger partial charge >= 0.3 is 5.92 Å². The lowest BCUT2D eigenvalue weighted by Gasteiger charge is -2.24. The van der Waals surface area contributed by atoms with Crippen LogP contribution in [0.2, 0.25) is 0 Å². The Labute approximate surface area is 250 Å². The zero-order valence-electron chi connectivity index (χ0n) is 25.1. The lowest BCUT2D eigenvalue weighted by molar-refractivity contribution is -0.115. The summed E-state index contributed by atoms with van der Waals surface area (Å²) in [5, 5.41) is 8.74. The normalized spacial score (nSPS) is 16.3. The van der Waals surface area contributed by atoms with Gasteiger partial charge in [0, 0.05) is 71.7 Å². The van der Waals surface area contributed by atoms with Crippen LogP contribution in [0, 0.1) is 11.8 Å². The maximum absolute atomic E-state index is 14.0. The highest BCUT2D eigenvalue weighted by atomic mass is 19.3. The minimum Gasteiger partial charge on any atom is -0.397 e. The van der Waals surface area contributed by atoms with Crippen LogP contribution in [-0.4, -0.2) is 54.3 Å². The van der Waals surface area contributed by atoms with Crippen molar-refractivity contribution in [2.24, 2.45) is 11.8 Å². The van der Waals surface area contributed by atoms with Crippen molar-refractivity contribution in [1.82, 2.24) is 9.55 Å². The molecule has 2 amide bonds. The number of imidazole rings is 1. The lowest BCUT2D eigenvalue weighted by atomic mass is 10.00. The Hall–Kier alpha value is -3.77. The van der Waals surface area contributed by atoms with Crippen LogP contribution >= 0.6 is 0 Å². The van der Waals surface area contributed by atoms with Gasteiger partial charge in [-0.3, -0.25) is 9.59 Å². The number of hydrogen-bond donors (Lipinski definition) is 4. The van der Waals surface area contributed by atoms with Crippen LogP contribution in [0.4, 0.5) is 31.5 Å². The van der Waals surface area contributed by atoms with Gasteiger partial charge in [-0.05, 0) is 73.9 Å². The number of nitrogens with zero attached hydrogens (tertiary/aromatic N) is 2. The number of nitrogens with two attached hydrogens (primary N) is 1. The molecule has 3 heterocycles. The van der Waals surface area contributed by atoms with E-state index in [0.717, 1.165) is 63.7 Å². The van der Waals surface area contributed by atoms with Crippen molar-refractivity contribution in [1.29, 1.82) is 0 Å². The van der Waals surface area contributed by atoms with Gasteiger partial charge < -0.3 is 35.7 Å². The molecule has 0 unspecified atom stereocenters. The van der Waals surface area contributed by atoms with Gasteiger partial charge in [0.15, 0.2) is 5.82 Å². The van der Waals surface area contributed by atoms with Crippen LogP contribution in [0.25, 0.3) is 11.0 Å². The van der Waals surface area contributed by atoms with Gasteiger partial charge in [0.25, 0.3) is 0 Å². The molecule has 43 heavy (non-hydrogen) atoms. The first-order valence-electron chi connectivity index (χ1n) is 14.7. The SMILES string of the molecule is CC(=O)Nc1ccc(NCC2CCOCC2)c(N)c1.CC(=O)Nc1ccc2c(c1)nc(C(C)(F)F)n2CC1CCOCC1. The third-order valence-corrected chi connectivity index (χ3v) is 7.54. The molecule has 0 spiro atoms. The quantitative estimate of drug-likeness (QED) is 0.248. The molecule has 0 aliphatic carbocycles. The summed E-state index contributed by atoms with van der Waals surface area (Å²) in [4.78, 5) is 26.3. The Morgan fingerprint density at radius 3 is 2.05 bits per heavy atom. The fourth-order valence-corrected chi connectivity index (χ4v) is 5.33. The second-order valence-electron chi connectivity index (χ2n) is 11.3. The third kappa shape index (κ3) is 9.36. The van der Waals surface area contributed by atoms with E-state index >= 15 is 0 Å². The number of carbonyl (C=O) groups is 2. The van der Waals surface area contributed by atoms with E-state index < -0.39 is 5.92 Å². The molecule has 5 N–H and O–H groups in total. The van der Waals surface area contributed by atoms with Crippen LogP contribution in [0.15, 0.2) is 36.4 Å². The van der Waals surface area contributed by atoms with Crippen molar-refractivity contribution in [2.45, 2.75) is 58.9 Å². The second-order valence-corrected chi connectivity index (χ2v) is 11.3. The second kappa shape index (κ2) is 14.6. The summed E-state index contributed by atoms with van der Waals surface area (Å²) in [5.41, 5.74) is 9.94. The summed E-state index contributed by atoms with van der Waals surface area (Å²) in [6.07, 6.45) is 3.91. The summed E-state index contributed by atoms with van der Waals surface area (Å²) in [5.74, 6) is -2.63. The van der Waals surface area contributed by atoms with E-state index in [0.29, 0.717) is 54.0 Å². The molecule has 0 saturated carbocycles. The van der Waals surface area contributed by atoms with E-state index in [1.807, 2.05) is 12.1 Å². The lowest BCUT2D eigenvalue weighted by Crippen LogP contribution is -2.24. The number of nitrogens with one attached hydrogen (secondary N) is 3. The molecule has 0 atom stereocenters. The fraction of sp³-hybridized carbons (Fsp3) is 0.516. The molecule has 2 aliphatic rings. The van der Waals surface area contributed by atoms with Crippen molar-refractivity contribution in [3.05, 3.63) is 42.2 Å². The van der Waals surface area contributed by atoms with Crippen LogP contribution in [0.5, 0.6) is 0 Å². The molecular formula is C31H42F2N6O4. The van der Waals surface area contributed by atoms with Crippen molar-refractivity contribution in [3.63, 3.8) is 0 Å². The van der Waals surface area contributed by atoms with E-state index in [9.17, 15) is 18.4 Å². The molecule has 12 heteroatoms. The summed E-state index contributed by atoms with van der Waals surface area (Å²) in [7, 11) is 0. The molecule has 5 rings (SSSR count). The van der Waals surface area contributed by atoms with Gasteiger partial charge in [0.1, 0.15) is 0 Å². The maximum Gasteiger partial charge on any atom is 0.302 e. The number of aromatic nitrogens is 2. The average molecular weight is 601 g/mol. The topological polar surface area (TPSA) is 133 Å². The summed E-state index contributed by atoms with van der Waals surface area (Å²) >= 11 is 0. The van der Waals surface area contributed by atoms with Crippen LogP contribution in [-0.2, 0) is 31.5 Å². The molecular weight excluding hydrogens is 558 g/mol. The molecule has 234 valence electrons. The minimum absolute atomic E-state index is 0.0951. The number of fused-ring (bicyclic) bond motifs is 1. The first kappa shape index (κ1) is 32.2. The van der Waals surface area contributed by atoms with Gasteiger partial charge in [0.2, 0.25) is 11.8 Å². The highest BCUT2D eigenvalue weighted by molar-refractivity contribution is 5.92. The van der Waals surface area contributed by atoms with Gasteiger partial charge in [-0.25, -0.2) is 4.98 Å². The highest BCUT2D eigenvalue weighted by Gasteiger charge is 2.33. The number of carbonyl (C=O) groups excluding carboxylic acids is 2. The van der Waals surface area contributed by atoms with Gasteiger partial charge in [-0.1, -0.05) is 0 Å². The van der Waals surface area contributed by atoms with Crippen molar-refractivity contribution in [2.75, 3.05) is 54.7 Å². The summed E-state index contributed by atoms with van der Waals surface area (Å²) in [6.45, 7) is 8.19. The number of benzene rings is 2. The molecule has 0 radical (unpaired) electrons. The highest BCUT2D eigenvalue weighted by Crippen LogP contribution is 2.32. The van der Waals surface area contributed by atoms with Gasteiger partial charge in [-0.15, -0.1) is 0 Å². The number of ether oxygens (including phenoxy) is 2. The molecule has 2 aliphatic heterocycles. The molecule has 0 bridgehead atoms. The number of anilines is 4. The average Bonchev–Trinajstić information content (AvgIpc) is 3.31. The molecule has 2 aromatic carbocycles. The summed E-state index contributed by atoms with van der Waals surface area (Å²) in [6, 6.07) is 10.6. The van der Waals surface area contributed by atoms with Gasteiger partial charge in [0.05, 0.1) is 22.4 Å². The monoisotopic (exact) mass is 600 g/mol. The Balaban J connectivity index is 0.000000203. The molecule has 2 fully saturated rings. The fourth-order valence-electron chi connectivity index (χ4n) is 5.33. The number of nitrogen functional groups attached to an aromatic ring is 1. The predicted octanol–water partition coefficient (Wildman–Crippen LogP) is 5.60. The first-order chi connectivity index (χ1) is 20.5. The smallest absolute Gasteiger partial charge is 0.302 e. The maximum atomic E-state index is 14.0. The van der Waals surface area contributed by atoms with Crippen LogP contribution < -0.4 is 21.7 Å². The van der Waals surface area contributed by atoms with E-state index in [2.05, 4.69) is 20.9 Å². The molecule has 1 aromatic heterocycles. The van der Waals surface area contributed by atoms with Crippen molar-refractivity contribution >= 4 is 45.6 Å². The number of hydrogen-bond acceptors (Lipinski definition) is 7. The zero-order valence-corrected chi connectivity index (χ0v) is 25.1. The van der Waals surface area contributed by atoms with E-state index in [1.165, 1.54) is 13.8 Å². The molecule has 10 nitrogen and oxygen atoms in total. The molecule has 3 aromatic rings.